The molecule has 1 aromatic rings. The zero-order chi connectivity index (χ0) is 13.0. The summed E-state index contributed by atoms with van der Waals surface area (Å²) in [4.78, 5) is 8.01. The van der Waals surface area contributed by atoms with Crippen molar-refractivity contribution in [2.24, 2.45) is 16.7 Å². The van der Waals surface area contributed by atoms with Crippen LogP contribution in [-0.4, -0.2) is 16.1 Å². The maximum Gasteiger partial charge on any atom is 0.225 e. The van der Waals surface area contributed by atoms with Gasteiger partial charge in [-0.15, -0.1) is 0 Å². The molecule has 3 atom stereocenters. The van der Waals surface area contributed by atoms with Crippen molar-refractivity contribution < 1.29 is 4.74 Å². The Morgan fingerprint density at radius 3 is 2.72 bits per heavy atom. The Morgan fingerprint density at radius 1 is 1.39 bits per heavy atom. The second-order valence-corrected chi connectivity index (χ2v) is 6.72. The summed E-state index contributed by atoms with van der Waals surface area (Å²) in [5, 5.41) is 0.250. The van der Waals surface area contributed by atoms with Crippen molar-refractivity contribution in [1.82, 2.24) is 9.97 Å². The molecule has 3 rings (SSSR count). The summed E-state index contributed by atoms with van der Waals surface area (Å²) in [6.45, 7) is 7.11. The summed E-state index contributed by atoms with van der Waals surface area (Å²) in [6.07, 6.45) is 5.59. The van der Waals surface area contributed by atoms with Crippen molar-refractivity contribution in [3.63, 3.8) is 0 Å². The van der Waals surface area contributed by atoms with E-state index in [1.165, 1.54) is 12.8 Å². The maximum atomic E-state index is 6.09. The summed E-state index contributed by atoms with van der Waals surface area (Å²) in [6, 6.07) is 1.79. The van der Waals surface area contributed by atoms with Crippen LogP contribution in [0.1, 0.15) is 40.0 Å². The van der Waals surface area contributed by atoms with E-state index in [0.717, 1.165) is 12.3 Å². The van der Waals surface area contributed by atoms with Crippen LogP contribution >= 0.6 is 11.6 Å². The molecule has 0 radical (unpaired) electrons. The SMILES string of the molecule is CC1(C)C2CCC1(C)C(Oc1ccnc(Cl)n1)C2. The fraction of sp³-hybridized carbons (Fsp3) is 0.714. The minimum atomic E-state index is 0.245. The second-order valence-electron chi connectivity index (χ2n) is 6.38. The summed E-state index contributed by atoms with van der Waals surface area (Å²) >= 11 is 5.80. The zero-order valence-electron chi connectivity index (χ0n) is 11.1. The minimum Gasteiger partial charge on any atom is -0.474 e. The Hall–Kier alpha value is -0.830. The maximum absolute atomic E-state index is 6.09. The molecule has 3 unspecified atom stereocenters. The van der Waals surface area contributed by atoms with Gasteiger partial charge in [0.05, 0.1) is 0 Å². The molecule has 0 aliphatic heterocycles. The van der Waals surface area contributed by atoms with Gasteiger partial charge in [-0.05, 0) is 42.2 Å². The van der Waals surface area contributed by atoms with Gasteiger partial charge in [0.25, 0.3) is 0 Å². The van der Waals surface area contributed by atoms with Gasteiger partial charge in [-0.3, -0.25) is 0 Å². The van der Waals surface area contributed by atoms with Crippen LogP contribution in [0.25, 0.3) is 0 Å². The Labute approximate surface area is 113 Å². The minimum absolute atomic E-state index is 0.245. The van der Waals surface area contributed by atoms with Crippen LogP contribution in [0.15, 0.2) is 12.3 Å². The fourth-order valence-electron chi connectivity index (χ4n) is 3.84. The van der Waals surface area contributed by atoms with Crippen molar-refractivity contribution in [1.29, 1.82) is 0 Å². The summed E-state index contributed by atoms with van der Waals surface area (Å²) in [7, 11) is 0. The van der Waals surface area contributed by atoms with E-state index in [-0.39, 0.29) is 16.8 Å². The number of nitrogens with zero attached hydrogens (tertiary/aromatic N) is 2. The van der Waals surface area contributed by atoms with Gasteiger partial charge < -0.3 is 4.74 Å². The molecular formula is C14H19ClN2O. The van der Waals surface area contributed by atoms with E-state index in [0.29, 0.717) is 11.3 Å². The average molecular weight is 267 g/mol. The van der Waals surface area contributed by atoms with Gasteiger partial charge in [0.15, 0.2) is 0 Å². The first-order valence-corrected chi connectivity index (χ1v) is 6.96. The van der Waals surface area contributed by atoms with Crippen molar-refractivity contribution >= 4 is 11.6 Å². The normalized spacial score (nSPS) is 36.9. The van der Waals surface area contributed by atoms with Gasteiger partial charge in [0.2, 0.25) is 11.2 Å². The van der Waals surface area contributed by atoms with Crippen LogP contribution in [0.4, 0.5) is 0 Å². The quantitative estimate of drug-likeness (QED) is 0.765. The summed E-state index contributed by atoms with van der Waals surface area (Å²) < 4.78 is 6.09. The standard InChI is InChI=1S/C14H19ClN2O/c1-13(2)9-4-6-14(13,3)10(8-9)18-11-5-7-16-12(15)17-11/h5,7,9-10H,4,6,8H2,1-3H3. The highest BCUT2D eigenvalue weighted by atomic mass is 35.5. The molecule has 18 heavy (non-hydrogen) atoms. The third-order valence-corrected chi connectivity index (χ3v) is 5.76. The first-order valence-electron chi connectivity index (χ1n) is 6.59. The lowest BCUT2D eigenvalue weighted by atomic mass is 9.70. The zero-order valence-corrected chi connectivity index (χ0v) is 11.9. The van der Waals surface area contributed by atoms with Crippen LogP contribution in [0.5, 0.6) is 5.88 Å². The highest BCUT2D eigenvalue weighted by molar-refractivity contribution is 6.28. The second kappa shape index (κ2) is 3.83. The Balaban J connectivity index is 1.84. The first-order chi connectivity index (χ1) is 8.43. The number of ether oxygens (including phenoxy) is 1. The van der Waals surface area contributed by atoms with Gasteiger partial charge in [0, 0.05) is 17.7 Å². The topological polar surface area (TPSA) is 35.0 Å². The molecule has 0 amide bonds. The number of halogens is 1. The van der Waals surface area contributed by atoms with Crippen LogP contribution in [0, 0.1) is 16.7 Å². The smallest absolute Gasteiger partial charge is 0.225 e. The highest BCUT2D eigenvalue weighted by Crippen LogP contribution is 2.66. The van der Waals surface area contributed by atoms with Crippen molar-refractivity contribution in [2.45, 2.75) is 46.1 Å². The first kappa shape index (κ1) is 12.2. The predicted molar refractivity (Wildman–Crippen MR) is 70.7 cm³/mol. The van der Waals surface area contributed by atoms with Gasteiger partial charge in [-0.2, -0.15) is 4.98 Å². The van der Waals surface area contributed by atoms with Crippen molar-refractivity contribution in [3.8, 4) is 5.88 Å². The van der Waals surface area contributed by atoms with Crippen LogP contribution in [0.2, 0.25) is 5.28 Å². The Bertz CT molecular complexity index is 477. The molecular weight excluding hydrogens is 248 g/mol. The molecule has 4 heteroatoms. The van der Waals surface area contributed by atoms with E-state index >= 15 is 0 Å². The number of fused-ring (bicyclic) bond motifs is 2. The molecule has 0 aromatic carbocycles. The van der Waals surface area contributed by atoms with Crippen LogP contribution in [-0.2, 0) is 0 Å². The molecule has 2 aliphatic rings. The van der Waals surface area contributed by atoms with Crippen molar-refractivity contribution in [2.75, 3.05) is 0 Å². The molecule has 0 saturated heterocycles. The number of aromatic nitrogens is 2. The molecule has 0 spiro atoms. The predicted octanol–water partition coefficient (Wildman–Crippen LogP) is 3.72. The van der Waals surface area contributed by atoms with E-state index < -0.39 is 0 Å². The third-order valence-electron chi connectivity index (χ3n) is 5.58. The number of hydrogen-bond donors (Lipinski definition) is 0. The highest BCUT2D eigenvalue weighted by Gasteiger charge is 2.62. The van der Waals surface area contributed by atoms with Crippen molar-refractivity contribution in [3.05, 3.63) is 17.5 Å². The van der Waals surface area contributed by atoms with Gasteiger partial charge >= 0.3 is 0 Å². The molecule has 2 bridgehead atoms. The summed E-state index contributed by atoms with van der Waals surface area (Å²) in [5.74, 6) is 1.37. The molecule has 0 N–H and O–H groups in total. The summed E-state index contributed by atoms with van der Waals surface area (Å²) in [5.41, 5.74) is 0.601. The third kappa shape index (κ3) is 1.56. The lowest BCUT2D eigenvalue weighted by Crippen LogP contribution is -2.39. The largest absolute Gasteiger partial charge is 0.474 e. The molecule has 2 saturated carbocycles. The van der Waals surface area contributed by atoms with E-state index in [2.05, 4.69) is 30.7 Å². The average Bonchev–Trinajstić information content (AvgIpc) is 2.62. The van der Waals surface area contributed by atoms with Gasteiger partial charge in [-0.25, -0.2) is 4.98 Å². The van der Waals surface area contributed by atoms with E-state index in [9.17, 15) is 0 Å². The molecule has 2 aliphatic carbocycles. The molecule has 1 heterocycles. The molecule has 98 valence electrons. The molecule has 3 nitrogen and oxygen atoms in total. The Morgan fingerprint density at radius 2 is 2.17 bits per heavy atom. The molecule has 1 aromatic heterocycles. The van der Waals surface area contributed by atoms with Crippen LogP contribution < -0.4 is 4.74 Å². The lowest BCUT2D eigenvalue weighted by molar-refractivity contribution is 0.0272. The fourth-order valence-corrected chi connectivity index (χ4v) is 3.98. The van der Waals surface area contributed by atoms with E-state index in [1.807, 2.05) is 0 Å². The van der Waals surface area contributed by atoms with Gasteiger partial charge in [-0.1, -0.05) is 20.8 Å². The van der Waals surface area contributed by atoms with E-state index in [4.69, 9.17) is 16.3 Å². The lowest BCUT2D eigenvalue weighted by Gasteiger charge is -2.38. The monoisotopic (exact) mass is 266 g/mol. The molecule has 2 fully saturated rings. The van der Waals surface area contributed by atoms with Gasteiger partial charge in [0.1, 0.15) is 6.10 Å². The van der Waals surface area contributed by atoms with Crippen LogP contribution in [0.3, 0.4) is 0 Å². The number of hydrogen-bond acceptors (Lipinski definition) is 3. The number of rotatable bonds is 2. The Kier molecular flexibility index (Phi) is 2.60. The van der Waals surface area contributed by atoms with E-state index in [1.54, 1.807) is 12.3 Å².